The standard InChI is InChI=1S/C29H26FNO6S2/c1-35-18-25(21-5-3-2-4-6-21)37-24-15-20(16-26-28(34)31(17-27(32)33)29(38)39-26)9-12-23(24)36-14-13-19-7-10-22(30)11-8-19/h2-12,15-16,25H,13-14,17-18H2,1H3,(H,32,33)/b26-16+. The normalized spacial score (nSPS) is 15.0. The van der Waals surface area contributed by atoms with Gasteiger partial charge in [-0.3, -0.25) is 14.5 Å². The lowest BCUT2D eigenvalue weighted by molar-refractivity contribution is -0.140. The number of hydrogen-bond acceptors (Lipinski definition) is 7. The van der Waals surface area contributed by atoms with Gasteiger partial charge in [-0.15, -0.1) is 0 Å². The zero-order valence-electron chi connectivity index (χ0n) is 21.0. The number of carboxylic acids is 1. The van der Waals surface area contributed by atoms with Gasteiger partial charge in [-0.2, -0.15) is 0 Å². The Hall–Kier alpha value is -3.73. The molecule has 4 rings (SSSR count). The van der Waals surface area contributed by atoms with Gasteiger partial charge in [0.05, 0.1) is 18.1 Å². The maximum Gasteiger partial charge on any atom is 0.323 e. The zero-order chi connectivity index (χ0) is 27.8. The summed E-state index contributed by atoms with van der Waals surface area (Å²) in [5, 5.41) is 9.09. The summed E-state index contributed by atoms with van der Waals surface area (Å²) in [4.78, 5) is 25.2. The summed E-state index contributed by atoms with van der Waals surface area (Å²) < 4.78 is 31.3. The number of benzene rings is 3. The number of ether oxygens (including phenoxy) is 3. The Morgan fingerprint density at radius 2 is 1.85 bits per heavy atom. The predicted molar refractivity (Wildman–Crippen MR) is 151 cm³/mol. The smallest absolute Gasteiger partial charge is 0.323 e. The molecule has 7 nitrogen and oxygen atoms in total. The van der Waals surface area contributed by atoms with Crippen LogP contribution in [0.2, 0.25) is 0 Å². The highest BCUT2D eigenvalue weighted by atomic mass is 32.2. The number of nitrogens with zero attached hydrogens (tertiary/aromatic N) is 1. The van der Waals surface area contributed by atoms with Crippen LogP contribution in [0.5, 0.6) is 11.5 Å². The zero-order valence-corrected chi connectivity index (χ0v) is 22.7. The Labute approximate surface area is 235 Å². The van der Waals surface area contributed by atoms with E-state index in [1.54, 1.807) is 43.5 Å². The minimum Gasteiger partial charge on any atom is -0.489 e. The highest BCUT2D eigenvalue weighted by Gasteiger charge is 2.33. The minimum absolute atomic E-state index is 0.190. The molecule has 1 N–H and O–H groups in total. The molecule has 0 aliphatic carbocycles. The van der Waals surface area contributed by atoms with Gasteiger partial charge in [-0.25, -0.2) is 4.39 Å². The van der Waals surface area contributed by atoms with Crippen molar-refractivity contribution in [1.82, 2.24) is 4.90 Å². The average Bonchev–Trinajstić information content (AvgIpc) is 3.18. The first-order valence-corrected chi connectivity index (χ1v) is 13.3. The van der Waals surface area contributed by atoms with Crippen LogP contribution in [-0.4, -0.2) is 53.1 Å². The fourth-order valence-corrected chi connectivity index (χ4v) is 5.10. The van der Waals surface area contributed by atoms with Crippen LogP contribution in [0.25, 0.3) is 6.08 Å². The van der Waals surface area contributed by atoms with E-state index in [2.05, 4.69) is 0 Å². The van der Waals surface area contributed by atoms with Gasteiger partial charge >= 0.3 is 5.97 Å². The Balaban J connectivity index is 1.60. The summed E-state index contributed by atoms with van der Waals surface area (Å²) in [5.74, 6) is -0.970. The van der Waals surface area contributed by atoms with Gasteiger partial charge in [0.25, 0.3) is 5.91 Å². The van der Waals surface area contributed by atoms with Crippen molar-refractivity contribution in [3.05, 3.63) is 100 Å². The molecule has 3 aromatic carbocycles. The van der Waals surface area contributed by atoms with Crippen molar-refractivity contribution in [3.63, 3.8) is 0 Å². The molecule has 0 spiro atoms. The van der Waals surface area contributed by atoms with Crippen LogP contribution in [-0.2, 0) is 20.7 Å². The van der Waals surface area contributed by atoms with E-state index in [4.69, 9.17) is 31.5 Å². The van der Waals surface area contributed by atoms with Crippen molar-refractivity contribution in [2.75, 3.05) is 26.9 Å². The van der Waals surface area contributed by atoms with E-state index in [0.29, 0.717) is 35.0 Å². The van der Waals surface area contributed by atoms with E-state index < -0.39 is 24.5 Å². The number of carboxylic acid groups (broad SMARTS) is 1. The van der Waals surface area contributed by atoms with Crippen molar-refractivity contribution >= 4 is 46.3 Å². The molecule has 202 valence electrons. The number of thiocarbonyl (C=S) groups is 1. The molecular formula is C29H26FNO6S2. The highest BCUT2D eigenvalue weighted by molar-refractivity contribution is 8.26. The van der Waals surface area contributed by atoms with Gasteiger partial charge in [0.1, 0.15) is 22.8 Å². The molecule has 1 amide bonds. The van der Waals surface area contributed by atoms with Crippen molar-refractivity contribution in [1.29, 1.82) is 0 Å². The van der Waals surface area contributed by atoms with Crippen LogP contribution in [0.4, 0.5) is 4.39 Å². The van der Waals surface area contributed by atoms with Gasteiger partial charge in [0.15, 0.2) is 11.5 Å². The quantitative estimate of drug-likeness (QED) is 0.227. The van der Waals surface area contributed by atoms with E-state index >= 15 is 0 Å². The SMILES string of the molecule is COCC(Oc1cc(/C=C2/SC(=S)N(CC(=O)O)C2=O)ccc1OCCc1ccc(F)cc1)c1ccccc1. The molecule has 1 aliphatic rings. The van der Waals surface area contributed by atoms with Gasteiger partial charge in [-0.1, -0.05) is 72.5 Å². The van der Waals surface area contributed by atoms with Gasteiger partial charge < -0.3 is 19.3 Å². The summed E-state index contributed by atoms with van der Waals surface area (Å²) in [7, 11) is 1.59. The summed E-state index contributed by atoms with van der Waals surface area (Å²) in [6.07, 6.45) is 1.78. The lowest BCUT2D eigenvalue weighted by Crippen LogP contribution is -2.33. The molecule has 0 bridgehead atoms. The minimum atomic E-state index is -1.14. The summed E-state index contributed by atoms with van der Waals surface area (Å²) in [6, 6.07) is 21.1. The average molecular weight is 568 g/mol. The van der Waals surface area contributed by atoms with Crippen molar-refractivity contribution < 1.29 is 33.3 Å². The van der Waals surface area contributed by atoms with Crippen molar-refractivity contribution in [2.45, 2.75) is 12.5 Å². The molecule has 1 unspecified atom stereocenters. The topological polar surface area (TPSA) is 85.3 Å². The van der Waals surface area contributed by atoms with E-state index in [9.17, 15) is 14.0 Å². The number of hydrogen-bond donors (Lipinski definition) is 1. The second kappa shape index (κ2) is 13.4. The van der Waals surface area contributed by atoms with E-state index in [0.717, 1.165) is 27.8 Å². The first-order valence-electron chi connectivity index (χ1n) is 12.0. The third kappa shape index (κ3) is 7.66. The van der Waals surface area contributed by atoms with Crippen molar-refractivity contribution in [2.24, 2.45) is 0 Å². The molecule has 39 heavy (non-hydrogen) atoms. The molecule has 0 radical (unpaired) electrons. The van der Waals surface area contributed by atoms with Crippen molar-refractivity contribution in [3.8, 4) is 11.5 Å². The van der Waals surface area contributed by atoms with Crippen LogP contribution in [0.15, 0.2) is 77.7 Å². The Bertz CT molecular complexity index is 1360. The number of carbonyl (C=O) groups is 2. The third-order valence-corrected chi connectivity index (χ3v) is 7.13. The van der Waals surface area contributed by atoms with E-state index in [1.165, 1.54) is 12.1 Å². The van der Waals surface area contributed by atoms with Gasteiger partial charge in [0, 0.05) is 13.5 Å². The molecule has 0 aromatic heterocycles. The number of halogens is 1. The Kier molecular flexibility index (Phi) is 9.69. The number of methoxy groups -OCH3 is 1. The van der Waals surface area contributed by atoms with Crippen LogP contribution in [0, 0.1) is 5.82 Å². The highest BCUT2D eigenvalue weighted by Crippen LogP contribution is 2.36. The molecule has 1 fully saturated rings. The lowest BCUT2D eigenvalue weighted by Gasteiger charge is -2.21. The van der Waals surface area contributed by atoms with E-state index in [1.807, 2.05) is 30.3 Å². The monoisotopic (exact) mass is 567 g/mol. The number of rotatable bonds is 12. The molecule has 1 saturated heterocycles. The predicted octanol–water partition coefficient (Wildman–Crippen LogP) is 5.50. The number of amides is 1. The fourth-order valence-electron chi connectivity index (χ4n) is 3.85. The summed E-state index contributed by atoms with van der Waals surface area (Å²) in [5.41, 5.74) is 2.49. The van der Waals surface area contributed by atoms with Crippen LogP contribution in [0.1, 0.15) is 22.8 Å². The molecule has 1 heterocycles. The summed E-state index contributed by atoms with van der Waals surface area (Å²) >= 11 is 6.24. The first-order chi connectivity index (χ1) is 18.8. The second-order valence-corrected chi connectivity index (χ2v) is 10.2. The number of aliphatic carboxylic acids is 1. The van der Waals surface area contributed by atoms with E-state index in [-0.39, 0.29) is 16.7 Å². The molecule has 10 heteroatoms. The van der Waals surface area contributed by atoms with Crippen LogP contribution >= 0.6 is 24.0 Å². The maximum absolute atomic E-state index is 13.2. The third-order valence-electron chi connectivity index (χ3n) is 5.75. The molecule has 1 atom stereocenters. The number of thioether (sulfide) groups is 1. The molecular weight excluding hydrogens is 541 g/mol. The maximum atomic E-state index is 13.2. The molecule has 1 aliphatic heterocycles. The van der Waals surface area contributed by atoms with Gasteiger partial charge in [-0.05, 0) is 47.0 Å². The first kappa shape index (κ1) is 28.3. The molecule has 0 saturated carbocycles. The molecule has 3 aromatic rings. The largest absolute Gasteiger partial charge is 0.489 e. The Morgan fingerprint density at radius 3 is 2.54 bits per heavy atom. The van der Waals surface area contributed by atoms with Gasteiger partial charge in [0.2, 0.25) is 0 Å². The second-order valence-electron chi connectivity index (χ2n) is 8.57. The Morgan fingerprint density at radius 1 is 1.10 bits per heavy atom. The lowest BCUT2D eigenvalue weighted by atomic mass is 10.1. The van der Waals surface area contributed by atoms with Crippen LogP contribution in [0.3, 0.4) is 0 Å². The van der Waals surface area contributed by atoms with Crippen LogP contribution < -0.4 is 9.47 Å². The number of carbonyl (C=O) groups excluding carboxylic acids is 1. The summed E-state index contributed by atoms with van der Waals surface area (Å²) in [6.45, 7) is 0.125. The fraction of sp³-hybridized carbons (Fsp3) is 0.207.